The molecule has 0 radical (unpaired) electrons. The second-order valence-electron chi connectivity index (χ2n) is 7.12. The van der Waals surface area contributed by atoms with Crippen LogP contribution in [0, 0.1) is 17.2 Å². The van der Waals surface area contributed by atoms with Crippen molar-refractivity contribution in [3.05, 3.63) is 29.6 Å². The molecule has 1 saturated heterocycles. The number of amides is 1. The molecule has 5 nitrogen and oxygen atoms in total. The van der Waals surface area contributed by atoms with Gasteiger partial charge in [-0.2, -0.15) is 0 Å². The molecular weight excluding hydrogens is 313 g/mol. The number of nitrogens with one attached hydrogen (secondary N) is 1. The van der Waals surface area contributed by atoms with Crippen LogP contribution in [0.25, 0.3) is 0 Å². The molecule has 1 N–H and O–H groups in total. The largest absolute Gasteiger partial charge is 0.458 e. The molecule has 3 rings (SSSR count). The van der Waals surface area contributed by atoms with Crippen LogP contribution in [0.2, 0.25) is 0 Å². The Balaban J connectivity index is 1.76. The molecule has 24 heavy (non-hydrogen) atoms. The Hall–Kier alpha value is -1.95. The van der Waals surface area contributed by atoms with E-state index in [1.807, 2.05) is 13.8 Å². The van der Waals surface area contributed by atoms with Crippen molar-refractivity contribution in [1.82, 2.24) is 0 Å². The Morgan fingerprint density at radius 3 is 2.83 bits per heavy atom. The van der Waals surface area contributed by atoms with E-state index in [1.165, 1.54) is 19.1 Å². The number of anilines is 1. The smallest absolute Gasteiger partial charge is 0.341 e. The standard InChI is InChI=1S/C18H22FNO4/c1-10(21)20-11-6-7-14(19)13(9-11)17(22)24-16-12-5-4-8-23-15(12)18(16,2)3/h6-7,9,12,15-16H,4-5,8H2,1-3H3,(H,20,21). The maximum absolute atomic E-state index is 14.0. The minimum atomic E-state index is -0.707. The van der Waals surface area contributed by atoms with Gasteiger partial charge in [0.1, 0.15) is 11.9 Å². The van der Waals surface area contributed by atoms with Crippen molar-refractivity contribution in [2.45, 2.75) is 45.8 Å². The van der Waals surface area contributed by atoms with Gasteiger partial charge in [-0.3, -0.25) is 4.79 Å². The molecule has 0 aromatic heterocycles. The van der Waals surface area contributed by atoms with E-state index >= 15 is 0 Å². The van der Waals surface area contributed by atoms with Gasteiger partial charge in [0.25, 0.3) is 0 Å². The molecule has 1 amide bonds. The molecule has 0 spiro atoms. The van der Waals surface area contributed by atoms with Gasteiger partial charge in [-0.15, -0.1) is 0 Å². The number of halogens is 1. The van der Waals surface area contributed by atoms with Gasteiger partial charge in [-0.25, -0.2) is 9.18 Å². The highest BCUT2D eigenvalue weighted by Gasteiger charge is 2.60. The third-order valence-corrected chi connectivity index (χ3v) is 4.96. The number of ether oxygens (including phenoxy) is 2. The van der Waals surface area contributed by atoms with Crippen LogP contribution in [0.4, 0.5) is 10.1 Å². The topological polar surface area (TPSA) is 64.6 Å². The summed E-state index contributed by atoms with van der Waals surface area (Å²) in [6, 6.07) is 3.87. The van der Waals surface area contributed by atoms with Gasteiger partial charge in [0.05, 0.1) is 11.7 Å². The SMILES string of the molecule is CC(=O)Nc1ccc(F)c(C(=O)OC2C3CCCOC3C2(C)C)c1. The Morgan fingerprint density at radius 1 is 1.38 bits per heavy atom. The number of esters is 1. The molecule has 0 bridgehead atoms. The maximum atomic E-state index is 14.0. The van der Waals surface area contributed by atoms with Crippen LogP contribution < -0.4 is 5.32 Å². The van der Waals surface area contributed by atoms with Crippen LogP contribution in [0.5, 0.6) is 0 Å². The third-order valence-electron chi connectivity index (χ3n) is 4.96. The van der Waals surface area contributed by atoms with Crippen LogP contribution in [-0.2, 0) is 14.3 Å². The summed E-state index contributed by atoms with van der Waals surface area (Å²) in [5, 5.41) is 2.54. The first-order valence-corrected chi connectivity index (χ1v) is 8.20. The van der Waals surface area contributed by atoms with Crippen molar-refractivity contribution in [2.24, 2.45) is 11.3 Å². The fourth-order valence-corrected chi connectivity index (χ4v) is 3.86. The van der Waals surface area contributed by atoms with E-state index in [0.29, 0.717) is 5.69 Å². The van der Waals surface area contributed by atoms with Gasteiger partial charge < -0.3 is 14.8 Å². The molecule has 3 atom stereocenters. The number of carbonyl (C=O) groups is 2. The van der Waals surface area contributed by atoms with Crippen molar-refractivity contribution < 1.29 is 23.5 Å². The molecule has 3 unspecified atom stereocenters. The summed E-state index contributed by atoms with van der Waals surface area (Å²) < 4.78 is 25.4. The number of hydrogen-bond donors (Lipinski definition) is 1. The summed E-state index contributed by atoms with van der Waals surface area (Å²) >= 11 is 0. The minimum Gasteiger partial charge on any atom is -0.458 e. The lowest BCUT2D eigenvalue weighted by Gasteiger charge is -2.58. The van der Waals surface area contributed by atoms with Crippen molar-refractivity contribution >= 4 is 17.6 Å². The highest BCUT2D eigenvalue weighted by Crippen LogP contribution is 2.53. The van der Waals surface area contributed by atoms with Crippen LogP contribution in [0.3, 0.4) is 0 Å². The molecule has 1 aliphatic heterocycles. The van der Waals surface area contributed by atoms with Crippen molar-refractivity contribution in [1.29, 1.82) is 0 Å². The molecule has 1 aromatic rings. The summed E-state index contributed by atoms with van der Waals surface area (Å²) in [7, 11) is 0. The number of fused-ring (bicyclic) bond motifs is 1. The lowest BCUT2D eigenvalue weighted by molar-refractivity contribution is -0.243. The van der Waals surface area contributed by atoms with Gasteiger partial charge >= 0.3 is 5.97 Å². The van der Waals surface area contributed by atoms with Crippen LogP contribution in [-0.4, -0.2) is 30.7 Å². The Bertz CT molecular complexity index is 673. The molecule has 1 heterocycles. The lowest BCUT2D eigenvalue weighted by atomic mass is 9.57. The van der Waals surface area contributed by atoms with Crippen molar-refractivity contribution in [2.75, 3.05) is 11.9 Å². The Kier molecular flexibility index (Phi) is 4.34. The minimum absolute atomic E-state index is 0.0830. The molecular formula is C18H22FNO4. The van der Waals surface area contributed by atoms with Crippen LogP contribution in [0.15, 0.2) is 18.2 Å². The molecule has 2 aliphatic rings. The van der Waals surface area contributed by atoms with Crippen molar-refractivity contribution in [3.63, 3.8) is 0 Å². The van der Waals surface area contributed by atoms with E-state index in [-0.39, 0.29) is 35.0 Å². The number of benzene rings is 1. The van der Waals surface area contributed by atoms with Gasteiger partial charge in [-0.1, -0.05) is 13.8 Å². The second kappa shape index (κ2) is 6.16. The van der Waals surface area contributed by atoms with Gasteiger partial charge in [0.15, 0.2) is 0 Å². The average Bonchev–Trinajstić information content (AvgIpc) is 2.53. The molecule has 1 aromatic carbocycles. The molecule has 6 heteroatoms. The zero-order chi connectivity index (χ0) is 17.5. The zero-order valence-corrected chi connectivity index (χ0v) is 14.1. The first kappa shape index (κ1) is 16.9. The molecule has 130 valence electrons. The van der Waals surface area contributed by atoms with Crippen molar-refractivity contribution in [3.8, 4) is 0 Å². The van der Waals surface area contributed by atoms with Gasteiger partial charge in [0, 0.05) is 30.6 Å². The van der Waals surface area contributed by atoms with Gasteiger partial charge in [-0.05, 0) is 31.0 Å². The lowest BCUT2D eigenvalue weighted by Crippen LogP contribution is -2.65. The normalized spacial score (nSPS) is 27.6. The fraction of sp³-hybridized carbons (Fsp3) is 0.556. The quantitative estimate of drug-likeness (QED) is 0.862. The third kappa shape index (κ3) is 2.90. The van der Waals surface area contributed by atoms with Crippen LogP contribution in [0.1, 0.15) is 44.0 Å². The zero-order valence-electron chi connectivity index (χ0n) is 14.1. The van der Waals surface area contributed by atoms with E-state index in [2.05, 4.69) is 5.32 Å². The second-order valence-corrected chi connectivity index (χ2v) is 7.12. The highest BCUT2D eigenvalue weighted by atomic mass is 19.1. The van der Waals surface area contributed by atoms with E-state index < -0.39 is 11.8 Å². The summed E-state index contributed by atoms with van der Waals surface area (Å²) in [5.41, 5.74) is -0.0910. The van der Waals surface area contributed by atoms with E-state index in [1.54, 1.807) is 0 Å². The fourth-order valence-electron chi connectivity index (χ4n) is 3.86. The first-order valence-electron chi connectivity index (χ1n) is 8.20. The molecule has 2 fully saturated rings. The summed E-state index contributed by atoms with van der Waals surface area (Å²) in [4.78, 5) is 23.6. The summed E-state index contributed by atoms with van der Waals surface area (Å²) in [5.74, 6) is -1.49. The molecule has 1 saturated carbocycles. The van der Waals surface area contributed by atoms with Crippen LogP contribution >= 0.6 is 0 Å². The first-order chi connectivity index (χ1) is 11.3. The average molecular weight is 335 g/mol. The van der Waals surface area contributed by atoms with E-state index in [4.69, 9.17) is 9.47 Å². The highest BCUT2D eigenvalue weighted by molar-refractivity contribution is 5.94. The summed E-state index contributed by atoms with van der Waals surface area (Å²) in [6.45, 7) is 6.09. The molecule has 1 aliphatic carbocycles. The monoisotopic (exact) mass is 335 g/mol. The Labute approximate surface area is 140 Å². The number of carbonyl (C=O) groups excluding carboxylic acids is 2. The predicted molar refractivity (Wildman–Crippen MR) is 86.2 cm³/mol. The Morgan fingerprint density at radius 2 is 2.12 bits per heavy atom. The maximum Gasteiger partial charge on any atom is 0.341 e. The summed E-state index contributed by atoms with van der Waals surface area (Å²) in [6.07, 6.45) is 1.68. The predicted octanol–water partition coefficient (Wildman–Crippen LogP) is 3.14. The van der Waals surface area contributed by atoms with Gasteiger partial charge in [0.2, 0.25) is 5.91 Å². The van der Waals surface area contributed by atoms with E-state index in [9.17, 15) is 14.0 Å². The number of hydrogen-bond acceptors (Lipinski definition) is 4. The van der Waals surface area contributed by atoms with E-state index in [0.717, 1.165) is 25.5 Å². The number of rotatable bonds is 3.